The predicted octanol–water partition coefficient (Wildman–Crippen LogP) is 1.90. The van der Waals surface area contributed by atoms with Gasteiger partial charge in [0, 0.05) is 12.6 Å². The van der Waals surface area contributed by atoms with E-state index in [4.69, 9.17) is 0 Å². The largest absolute Gasteiger partial charge is 0.342 e. The van der Waals surface area contributed by atoms with E-state index >= 15 is 0 Å². The molecule has 0 aromatic rings. The van der Waals surface area contributed by atoms with Gasteiger partial charge in [0.25, 0.3) is 0 Å². The fraction of sp³-hybridized carbons (Fsp3) is 0.900. The minimum absolute atomic E-state index is 0.512. The van der Waals surface area contributed by atoms with Gasteiger partial charge in [-0.1, -0.05) is 20.8 Å². The molecule has 0 bridgehead atoms. The van der Waals surface area contributed by atoms with Crippen molar-refractivity contribution in [2.24, 2.45) is 11.8 Å². The zero-order chi connectivity index (χ0) is 9.14. The number of likely N-dealkylation sites (tertiary alicyclic amines) is 1. The lowest BCUT2D eigenvalue weighted by Gasteiger charge is -2.21. The Kier molecular flexibility index (Phi) is 3.12. The lowest BCUT2D eigenvalue weighted by molar-refractivity contribution is -0.119. The van der Waals surface area contributed by atoms with Gasteiger partial charge in [0.1, 0.15) is 0 Å². The van der Waals surface area contributed by atoms with Gasteiger partial charge in [0.05, 0.1) is 0 Å². The summed E-state index contributed by atoms with van der Waals surface area (Å²) in [5, 5.41) is 0. The van der Waals surface area contributed by atoms with Crippen molar-refractivity contribution < 1.29 is 4.79 Å². The first-order valence-corrected chi connectivity index (χ1v) is 4.84. The van der Waals surface area contributed by atoms with Crippen molar-refractivity contribution in [1.82, 2.24) is 4.90 Å². The fourth-order valence-corrected chi connectivity index (χ4v) is 2.09. The molecule has 1 aliphatic heterocycles. The van der Waals surface area contributed by atoms with E-state index in [-0.39, 0.29) is 0 Å². The van der Waals surface area contributed by atoms with Gasteiger partial charge in [0.15, 0.2) is 0 Å². The van der Waals surface area contributed by atoms with Crippen molar-refractivity contribution in [2.45, 2.75) is 39.7 Å². The van der Waals surface area contributed by atoms with Crippen LogP contribution in [0.25, 0.3) is 0 Å². The summed E-state index contributed by atoms with van der Waals surface area (Å²) in [5.74, 6) is 1.39. The smallest absolute Gasteiger partial charge is 0.209 e. The third kappa shape index (κ3) is 2.23. The van der Waals surface area contributed by atoms with Crippen LogP contribution in [-0.2, 0) is 4.79 Å². The summed E-state index contributed by atoms with van der Waals surface area (Å²) in [6.07, 6.45) is 3.36. The van der Waals surface area contributed by atoms with E-state index in [2.05, 4.69) is 20.8 Å². The summed E-state index contributed by atoms with van der Waals surface area (Å²) in [6, 6.07) is 0.512. The Morgan fingerprint density at radius 3 is 2.75 bits per heavy atom. The Hall–Kier alpha value is -0.530. The van der Waals surface area contributed by atoms with Gasteiger partial charge >= 0.3 is 0 Å². The molecule has 1 fully saturated rings. The summed E-state index contributed by atoms with van der Waals surface area (Å²) in [5.41, 5.74) is 0. The second-order valence-electron chi connectivity index (χ2n) is 4.43. The highest BCUT2D eigenvalue weighted by molar-refractivity contribution is 5.48. The highest BCUT2D eigenvalue weighted by Crippen LogP contribution is 2.25. The number of amides is 1. The molecule has 0 radical (unpaired) electrons. The van der Waals surface area contributed by atoms with E-state index < -0.39 is 0 Å². The molecule has 0 aliphatic carbocycles. The molecule has 70 valence electrons. The Balaban J connectivity index is 2.46. The molecule has 1 aliphatic rings. The Labute approximate surface area is 74.9 Å². The topological polar surface area (TPSA) is 20.3 Å². The second-order valence-corrected chi connectivity index (χ2v) is 4.43. The zero-order valence-electron chi connectivity index (χ0n) is 8.29. The molecule has 2 atom stereocenters. The highest BCUT2D eigenvalue weighted by Gasteiger charge is 2.28. The average Bonchev–Trinajstić information content (AvgIpc) is 2.29. The fourth-order valence-electron chi connectivity index (χ4n) is 2.09. The maximum absolute atomic E-state index is 10.7. The van der Waals surface area contributed by atoms with Gasteiger partial charge in [-0.2, -0.15) is 0 Å². The predicted molar refractivity (Wildman–Crippen MR) is 49.8 cm³/mol. The number of nitrogens with zero attached hydrogens (tertiary/aromatic N) is 1. The van der Waals surface area contributed by atoms with Crippen molar-refractivity contribution in [3.05, 3.63) is 0 Å². The molecule has 1 amide bonds. The van der Waals surface area contributed by atoms with Gasteiger partial charge in [-0.05, 0) is 24.7 Å². The van der Waals surface area contributed by atoms with Gasteiger partial charge in [-0.25, -0.2) is 0 Å². The van der Waals surface area contributed by atoms with Crippen LogP contribution in [0.4, 0.5) is 0 Å². The standard InChI is InChI=1S/C10H19NO/c1-8(2)4-10-5-9(3)6-11(10)7-12/h7-10H,4-6H2,1-3H3. The Bertz CT molecular complexity index is 156. The molecule has 1 saturated heterocycles. The molecule has 1 heterocycles. The van der Waals surface area contributed by atoms with Crippen LogP contribution in [0.1, 0.15) is 33.6 Å². The molecular formula is C10H19NO. The van der Waals surface area contributed by atoms with E-state index in [0.717, 1.165) is 19.4 Å². The van der Waals surface area contributed by atoms with Crippen LogP contribution in [-0.4, -0.2) is 23.9 Å². The number of hydrogen-bond acceptors (Lipinski definition) is 1. The molecule has 0 N–H and O–H groups in total. The van der Waals surface area contributed by atoms with Crippen LogP contribution in [0.3, 0.4) is 0 Å². The van der Waals surface area contributed by atoms with E-state index in [1.54, 1.807) is 0 Å². The summed E-state index contributed by atoms with van der Waals surface area (Å²) in [7, 11) is 0. The first-order valence-electron chi connectivity index (χ1n) is 4.84. The zero-order valence-corrected chi connectivity index (χ0v) is 8.29. The summed E-state index contributed by atoms with van der Waals surface area (Å²) in [6.45, 7) is 7.61. The monoisotopic (exact) mass is 169 g/mol. The molecule has 0 aromatic carbocycles. The second kappa shape index (κ2) is 3.92. The SMILES string of the molecule is CC(C)CC1CC(C)CN1C=O. The van der Waals surface area contributed by atoms with Crippen LogP contribution >= 0.6 is 0 Å². The number of carbonyl (C=O) groups is 1. The summed E-state index contributed by atoms with van der Waals surface area (Å²) < 4.78 is 0. The molecule has 2 unspecified atom stereocenters. The third-order valence-corrected chi connectivity index (χ3v) is 2.54. The molecule has 12 heavy (non-hydrogen) atoms. The van der Waals surface area contributed by atoms with E-state index in [9.17, 15) is 4.79 Å². The third-order valence-electron chi connectivity index (χ3n) is 2.54. The Morgan fingerprint density at radius 1 is 1.58 bits per heavy atom. The van der Waals surface area contributed by atoms with Crippen molar-refractivity contribution in [1.29, 1.82) is 0 Å². The molecule has 2 nitrogen and oxygen atoms in total. The highest BCUT2D eigenvalue weighted by atomic mass is 16.1. The van der Waals surface area contributed by atoms with Crippen molar-refractivity contribution in [2.75, 3.05) is 6.54 Å². The van der Waals surface area contributed by atoms with Crippen LogP contribution in [0.2, 0.25) is 0 Å². The minimum atomic E-state index is 0.512. The van der Waals surface area contributed by atoms with E-state index in [1.807, 2.05) is 4.90 Å². The van der Waals surface area contributed by atoms with Crippen molar-refractivity contribution in [3.8, 4) is 0 Å². The van der Waals surface area contributed by atoms with E-state index in [1.165, 1.54) is 6.42 Å². The summed E-state index contributed by atoms with van der Waals surface area (Å²) in [4.78, 5) is 12.6. The average molecular weight is 169 g/mol. The maximum Gasteiger partial charge on any atom is 0.209 e. The lowest BCUT2D eigenvalue weighted by atomic mass is 9.99. The lowest BCUT2D eigenvalue weighted by Crippen LogP contribution is -2.29. The first-order chi connectivity index (χ1) is 5.63. The molecule has 1 rings (SSSR count). The van der Waals surface area contributed by atoms with Crippen LogP contribution in [0, 0.1) is 11.8 Å². The van der Waals surface area contributed by atoms with Crippen LogP contribution < -0.4 is 0 Å². The molecule has 0 saturated carbocycles. The van der Waals surface area contributed by atoms with Crippen molar-refractivity contribution >= 4 is 6.41 Å². The van der Waals surface area contributed by atoms with Crippen molar-refractivity contribution in [3.63, 3.8) is 0 Å². The normalized spacial score (nSPS) is 29.8. The van der Waals surface area contributed by atoms with Gasteiger partial charge in [0.2, 0.25) is 6.41 Å². The van der Waals surface area contributed by atoms with Gasteiger partial charge in [-0.3, -0.25) is 4.79 Å². The number of hydrogen-bond donors (Lipinski definition) is 0. The van der Waals surface area contributed by atoms with Gasteiger partial charge < -0.3 is 4.90 Å². The van der Waals surface area contributed by atoms with E-state index in [0.29, 0.717) is 17.9 Å². The maximum atomic E-state index is 10.7. The quantitative estimate of drug-likeness (QED) is 0.591. The summed E-state index contributed by atoms with van der Waals surface area (Å²) >= 11 is 0. The van der Waals surface area contributed by atoms with Gasteiger partial charge in [-0.15, -0.1) is 0 Å². The van der Waals surface area contributed by atoms with Crippen LogP contribution in [0.15, 0.2) is 0 Å². The number of carbonyl (C=O) groups excluding carboxylic acids is 1. The molecule has 0 spiro atoms. The molecule has 0 aromatic heterocycles. The van der Waals surface area contributed by atoms with Crippen LogP contribution in [0.5, 0.6) is 0 Å². The molecule has 2 heteroatoms. The minimum Gasteiger partial charge on any atom is -0.342 e. The number of rotatable bonds is 3. The first kappa shape index (κ1) is 9.56. The molecular weight excluding hydrogens is 150 g/mol. The Morgan fingerprint density at radius 2 is 2.25 bits per heavy atom.